The van der Waals surface area contributed by atoms with E-state index in [1.807, 2.05) is 6.07 Å². The molecule has 0 aromatic carbocycles. The molecule has 0 aliphatic heterocycles. The van der Waals surface area contributed by atoms with E-state index < -0.39 is 0 Å². The maximum atomic E-state index is 8.57. The van der Waals surface area contributed by atoms with Gasteiger partial charge in [0, 0.05) is 5.69 Å². The molecule has 0 amide bonds. The second-order valence-corrected chi connectivity index (χ2v) is 2.17. The van der Waals surface area contributed by atoms with Crippen molar-refractivity contribution in [2.75, 3.05) is 0 Å². The number of nitriles is 1. The SMILES string of the molecule is C=Cc1c[c-]cnc1C(=C)C#N.[K+]. The third-order valence-electron chi connectivity index (χ3n) is 1.42. The van der Waals surface area contributed by atoms with Crippen LogP contribution in [-0.2, 0) is 0 Å². The van der Waals surface area contributed by atoms with E-state index in [1.54, 1.807) is 12.1 Å². The van der Waals surface area contributed by atoms with Gasteiger partial charge in [-0.2, -0.15) is 5.26 Å². The first kappa shape index (κ1) is 12.8. The van der Waals surface area contributed by atoms with Crippen LogP contribution in [0.3, 0.4) is 0 Å². The molecule has 0 saturated heterocycles. The Morgan fingerprint density at radius 2 is 2.38 bits per heavy atom. The molecule has 1 aromatic rings. The van der Waals surface area contributed by atoms with Crippen LogP contribution in [0.2, 0.25) is 0 Å². The molecule has 0 bridgehead atoms. The first-order chi connectivity index (χ1) is 5.79. The average Bonchev–Trinajstić information content (AvgIpc) is 2.16. The first-order valence-corrected chi connectivity index (χ1v) is 3.37. The molecule has 0 radical (unpaired) electrons. The van der Waals surface area contributed by atoms with Gasteiger partial charge in [-0.25, -0.2) is 12.1 Å². The van der Waals surface area contributed by atoms with Gasteiger partial charge in [0.2, 0.25) is 0 Å². The number of hydrogen-bond donors (Lipinski definition) is 0. The Morgan fingerprint density at radius 3 is 2.92 bits per heavy atom. The second kappa shape index (κ2) is 6.25. The molecule has 0 fully saturated rings. The topological polar surface area (TPSA) is 36.7 Å². The smallest absolute Gasteiger partial charge is 0.294 e. The molecular weight excluding hydrogens is 187 g/mol. The molecule has 0 N–H and O–H groups in total. The third-order valence-corrected chi connectivity index (χ3v) is 1.42. The van der Waals surface area contributed by atoms with E-state index in [1.165, 1.54) is 6.20 Å². The molecule has 13 heavy (non-hydrogen) atoms. The van der Waals surface area contributed by atoms with Gasteiger partial charge in [0.05, 0.1) is 11.6 Å². The van der Waals surface area contributed by atoms with Crippen molar-refractivity contribution in [3.8, 4) is 6.07 Å². The summed E-state index contributed by atoms with van der Waals surface area (Å²) in [4.78, 5) is 3.97. The fourth-order valence-corrected chi connectivity index (χ4v) is 0.832. The van der Waals surface area contributed by atoms with Crippen LogP contribution in [0.4, 0.5) is 0 Å². The van der Waals surface area contributed by atoms with Gasteiger partial charge in [0.25, 0.3) is 0 Å². The fourth-order valence-electron chi connectivity index (χ4n) is 0.832. The summed E-state index contributed by atoms with van der Waals surface area (Å²) in [6.07, 6.45) is 3.13. The molecule has 1 heterocycles. The van der Waals surface area contributed by atoms with Gasteiger partial charge in [0.1, 0.15) is 0 Å². The first-order valence-electron chi connectivity index (χ1n) is 3.37. The van der Waals surface area contributed by atoms with E-state index in [2.05, 4.69) is 24.2 Å². The van der Waals surface area contributed by atoms with Crippen LogP contribution < -0.4 is 51.4 Å². The summed E-state index contributed by atoms with van der Waals surface area (Å²) in [6, 6.07) is 6.46. The molecule has 1 rings (SSSR count). The number of aromatic nitrogens is 1. The molecule has 58 valence electrons. The Bertz CT molecular complexity index is 363. The van der Waals surface area contributed by atoms with Gasteiger partial charge in [-0.3, -0.25) is 4.98 Å². The summed E-state index contributed by atoms with van der Waals surface area (Å²) in [5, 5.41) is 8.57. The molecule has 3 heteroatoms. The minimum Gasteiger partial charge on any atom is -0.294 e. The second-order valence-electron chi connectivity index (χ2n) is 2.17. The van der Waals surface area contributed by atoms with Gasteiger partial charge in [-0.15, -0.1) is 18.2 Å². The summed E-state index contributed by atoms with van der Waals surface area (Å²) in [5.74, 6) is 0. The van der Waals surface area contributed by atoms with E-state index in [0.29, 0.717) is 11.3 Å². The third kappa shape index (κ3) is 3.18. The van der Waals surface area contributed by atoms with Crippen molar-refractivity contribution >= 4 is 11.6 Å². The van der Waals surface area contributed by atoms with Crippen molar-refractivity contribution in [3.63, 3.8) is 0 Å². The molecular formula is C10H7KN2. The van der Waals surface area contributed by atoms with Crippen LogP contribution in [0, 0.1) is 17.4 Å². The van der Waals surface area contributed by atoms with Crippen LogP contribution >= 0.6 is 0 Å². The van der Waals surface area contributed by atoms with Crippen molar-refractivity contribution < 1.29 is 51.4 Å². The maximum absolute atomic E-state index is 8.57. The summed E-state index contributed by atoms with van der Waals surface area (Å²) in [6.45, 7) is 7.16. The summed E-state index contributed by atoms with van der Waals surface area (Å²) in [5.41, 5.74) is 1.70. The van der Waals surface area contributed by atoms with Gasteiger partial charge in [0.15, 0.2) is 0 Å². The fraction of sp³-hybridized carbons (Fsp3) is 0. The van der Waals surface area contributed by atoms with Crippen molar-refractivity contribution in [3.05, 3.63) is 42.7 Å². The average molecular weight is 194 g/mol. The van der Waals surface area contributed by atoms with Gasteiger partial charge in [-0.1, -0.05) is 12.8 Å². The number of nitrogens with zero attached hydrogens (tertiary/aromatic N) is 2. The minimum absolute atomic E-state index is 0. The predicted octanol–water partition coefficient (Wildman–Crippen LogP) is -0.934. The van der Waals surface area contributed by atoms with Gasteiger partial charge >= 0.3 is 51.4 Å². The molecule has 2 nitrogen and oxygen atoms in total. The number of rotatable bonds is 2. The van der Waals surface area contributed by atoms with Crippen LogP contribution in [0.25, 0.3) is 11.6 Å². The largest absolute Gasteiger partial charge is 1.00 e. The number of hydrogen-bond acceptors (Lipinski definition) is 2. The Morgan fingerprint density at radius 1 is 1.69 bits per heavy atom. The van der Waals surface area contributed by atoms with Crippen molar-refractivity contribution in [1.29, 1.82) is 5.26 Å². The van der Waals surface area contributed by atoms with Crippen LogP contribution in [0.5, 0.6) is 0 Å². The predicted molar refractivity (Wildman–Crippen MR) is 47.8 cm³/mol. The zero-order valence-corrected chi connectivity index (χ0v) is 10.7. The molecule has 0 unspecified atom stereocenters. The van der Waals surface area contributed by atoms with E-state index >= 15 is 0 Å². The monoisotopic (exact) mass is 194 g/mol. The van der Waals surface area contributed by atoms with Crippen molar-refractivity contribution in [1.82, 2.24) is 4.98 Å². The minimum atomic E-state index is 0. The standard InChI is InChI=1S/C10H7N2.K/c1-3-9-5-4-6-12-10(9)8(2)7-11;/h3,5-6H,1-2H2;/q-1;+1. The Labute approximate surface area is 120 Å². The molecule has 1 aromatic heterocycles. The van der Waals surface area contributed by atoms with Gasteiger partial charge in [-0.05, 0) is 0 Å². The van der Waals surface area contributed by atoms with E-state index in [0.717, 1.165) is 5.56 Å². The van der Waals surface area contributed by atoms with E-state index in [4.69, 9.17) is 5.26 Å². The normalized spacial score (nSPS) is 7.92. The number of pyridine rings is 1. The number of allylic oxidation sites excluding steroid dienone is 1. The molecule has 0 aliphatic carbocycles. The zero-order chi connectivity index (χ0) is 8.97. The Hall–Kier alpha value is -0.244. The van der Waals surface area contributed by atoms with Crippen LogP contribution in [-0.4, -0.2) is 4.98 Å². The van der Waals surface area contributed by atoms with E-state index in [9.17, 15) is 0 Å². The van der Waals surface area contributed by atoms with Crippen LogP contribution in [0.15, 0.2) is 25.4 Å². The zero-order valence-electron chi connectivity index (χ0n) is 7.54. The quantitative estimate of drug-likeness (QED) is 0.346. The van der Waals surface area contributed by atoms with Crippen molar-refractivity contribution in [2.24, 2.45) is 0 Å². The summed E-state index contributed by atoms with van der Waals surface area (Å²) < 4.78 is 0. The molecule has 0 saturated carbocycles. The summed E-state index contributed by atoms with van der Waals surface area (Å²) >= 11 is 0. The van der Waals surface area contributed by atoms with Gasteiger partial charge < -0.3 is 0 Å². The Balaban J connectivity index is 0.00000144. The molecule has 0 spiro atoms. The van der Waals surface area contributed by atoms with E-state index in [-0.39, 0.29) is 51.4 Å². The summed E-state index contributed by atoms with van der Waals surface area (Å²) in [7, 11) is 0. The molecule has 0 aliphatic rings. The molecule has 0 atom stereocenters. The van der Waals surface area contributed by atoms with Crippen molar-refractivity contribution in [2.45, 2.75) is 0 Å². The van der Waals surface area contributed by atoms with Crippen LogP contribution in [0.1, 0.15) is 11.3 Å². The maximum Gasteiger partial charge on any atom is 1.00 e. The Kier molecular flexibility index (Phi) is 6.13.